The van der Waals surface area contributed by atoms with Crippen LogP contribution in [0.1, 0.15) is 24.8 Å². The highest BCUT2D eigenvalue weighted by molar-refractivity contribution is 8.03. The molecule has 0 bridgehead atoms. The molecule has 4 rings (SSSR count). The lowest BCUT2D eigenvalue weighted by molar-refractivity contribution is -0.129. The highest BCUT2D eigenvalue weighted by Gasteiger charge is 2.38. The van der Waals surface area contributed by atoms with E-state index in [4.69, 9.17) is 9.47 Å². The van der Waals surface area contributed by atoms with Crippen LogP contribution in [-0.2, 0) is 4.79 Å². The number of thioether (sulfide) groups is 1. The van der Waals surface area contributed by atoms with Crippen molar-refractivity contribution in [2.24, 2.45) is 0 Å². The zero-order valence-corrected chi connectivity index (χ0v) is 17.8. The summed E-state index contributed by atoms with van der Waals surface area (Å²) >= 11 is 1.53. The summed E-state index contributed by atoms with van der Waals surface area (Å²) in [5.41, 5.74) is 2.60. The van der Waals surface area contributed by atoms with Gasteiger partial charge < -0.3 is 14.4 Å². The van der Waals surface area contributed by atoms with Crippen LogP contribution in [0, 0.1) is 11.3 Å². The van der Waals surface area contributed by atoms with Crippen LogP contribution in [0.4, 0.5) is 5.69 Å². The maximum Gasteiger partial charge on any atom is 0.229 e. The summed E-state index contributed by atoms with van der Waals surface area (Å²) in [4.78, 5) is 16.9. The third-order valence-electron chi connectivity index (χ3n) is 5.30. The lowest BCUT2D eigenvalue weighted by Crippen LogP contribution is -2.47. The largest absolute Gasteiger partial charge is 0.497 e. The molecule has 1 unspecified atom stereocenters. The zero-order valence-electron chi connectivity index (χ0n) is 17.0. The molecule has 1 amide bonds. The van der Waals surface area contributed by atoms with Gasteiger partial charge >= 0.3 is 0 Å². The van der Waals surface area contributed by atoms with E-state index in [1.807, 2.05) is 55.5 Å². The number of ether oxygens (including phenoxy) is 2. The van der Waals surface area contributed by atoms with E-state index in [9.17, 15) is 10.1 Å². The van der Waals surface area contributed by atoms with Gasteiger partial charge in [0.05, 0.1) is 42.9 Å². The standard InChI is InChI=1S/C23H23N3O3S/c1-3-29-18-9-7-17(8-10-18)25-14-26-22(27)12-20(21(13-24)23(26)30-15-25)16-5-4-6-19(11-16)28-2/h4-11,20H,3,12,14-15H2,1-2H3. The highest BCUT2D eigenvalue weighted by atomic mass is 32.2. The molecule has 1 saturated heterocycles. The van der Waals surface area contributed by atoms with Crippen LogP contribution in [0.15, 0.2) is 59.1 Å². The summed E-state index contributed by atoms with van der Waals surface area (Å²) in [7, 11) is 1.61. The summed E-state index contributed by atoms with van der Waals surface area (Å²) in [6.45, 7) is 3.02. The molecular formula is C23H23N3O3S. The summed E-state index contributed by atoms with van der Waals surface area (Å²) in [5, 5.41) is 10.7. The van der Waals surface area contributed by atoms with Crippen LogP contribution in [0.25, 0.3) is 0 Å². The minimum atomic E-state index is -0.242. The van der Waals surface area contributed by atoms with Crippen molar-refractivity contribution in [1.82, 2.24) is 4.90 Å². The van der Waals surface area contributed by atoms with Crippen LogP contribution in [0.3, 0.4) is 0 Å². The third kappa shape index (κ3) is 3.83. The van der Waals surface area contributed by atoms with Crippen molar-refractivity contribution in [2.45, 2.75) is 19.3 Å². The van der Waals surface area contributed by atoms with Crippen LogP contribution in [-0.4, -0.2) is 37.1 Å². The predicted octanol–water partition coefficient (Wildman–Crippen LogP) is 4.31. The van der Waals surface area contributed by atoms with Crippen molar-refractivity contribution in [1.29, 1.82) is 5.26 Å². The molecule has 2 aliphatic rings. The number of amides is 1. The van der Waals surface area contributed by atoms with Crippen LogP contribution < -0.4 is 14.4 Å². The van der Waals surface area contributed by atoms with E-state index < -0.39 is 0 Å². The third-order valence-corrected chi connectivity index (χ3v) is 6.46. The van der Waals surface area contributed by atoms with E-state index in [1.165, 1.54) is 11.8 Å². The Balaban J connectivity index is 1.60. The number of carbonyl (C=O) groups excluding carboxylic acids is 1. The van der Waals surface area contributed by atoms with Crippen molar-refractivity contribution in [3.05, 3.63) is 64.7 Å². The number of methoxy groups -OCH3 is 1. The molecular weight excluding hydrogens is 398 g/mol. The Bertz CT molecular complexity index is 1010. The molecule has 154 valence electrons. The van der Waals surface area contributed by atoms with E-state index in [2.05, 4.69) is 11.0 Å². The number of nitriles is 1. The van der Waals surface area contributed by atoms with Gasteiger partial charge in [0.2, 0.25) is 5.91 Å². The van der Waals surface area contributed by atoms with Gasteiger partial charge in [-0.15, -0.1) is 0 Å². The summed E-state index contributed by atoms with van der Waals surface area (Å²) in [6, 6.07) is 17.9. The van der Waals surface area contributed by atoms with Crippen molar-refractivity contribution < 1.29 is 14.3 Å². The Hall–Kier alpha value is -3.11. The quantitative estimate of drug-likeness (QED) is 0.717. The van der Waals surface area contributed by atoms with Crippen LogP contribution in [0.2, 0.25) is 0 Å². The molecule has 2 aliphatic heterocycles. The molecule has 0 spiro atoms. The topological polar surface area (TPSA) is 65.8 Å². The van der Waals surface area contributed by atoms with Gasteiger partial charge in [0.1, 0.15) is 11.5 Å². The first kappa shape index (κ1) is 20.2. The number of hydrogen-bond donors (Lipinski definition) is 0. The van der Waals surface area contributed by atoms with Crippen LogP contribution >= 0.6 is 11.8 Å². The molecule has 0 aromatic heterocycles. The number of nitrogens with zero attached hydrogens (tertiary/aromatic N) is 3. The SMILES string of the molecule is CCOc1ccc(N2CSC3=C(C#N)C(c4cccc(OC)c4)CC(=O)N3C2)cc1. The monoisotopic (exact) mass is 421 g/mol. The molecule has 0 saturated carbocycles. The first-order chi connectivity index (χ1) is 14.6. The van der Waals surface area contributed by atoms with Crippen molar-refractivity contribution in [2.75, 3.05) is 31.2 Å². The predicted molar refractivity (Wildman–Crippen MR) is 117 cm³/mol. The van der Waals surface area contributed by atoms with Crippen molar-refractivity contribution in [3.63, 3.8) is 0 Å². The molecule has 1 fully saturated rings. The maximum atomic E-state index is 13.0. The normalized spacial score (nSPS) is 18.7. The second-order valence-electron chi connectivity index (χ2n) is 7.07. The van der Waals surface area contributed by atoms with E-state index in [0.29, 0.717) is 24.7 Å². The number of carbonyl (C=O) groups is 1. The van der Waals surface area contributed by atoms with Crippen molar-refractivity contribution >= 4 is 23.4 Å². The molecule has 2 aromatic rings. The number of benzene rings is 2. The molecule has 2 heterocycles. The van der Waals surface area contributed by atoms with Gasteiger partial charge in [0.15, 0.2) is 0 Å². The average Bonchev–Trinajstić information content (AvgIpc) is 2.79. The minimum Gasteiger partial charge on any atom is -0.497 e. The molecule has 0 N–H and O–H groups in total. The minimum absolute atomic E-state index is 0.0277. The highest BCUT2D eigenvalue weighted by Crippen LogP contribution is 2.43. The number of rotatable bonds is 5. The smallest absolute Gasteiger partial charge is 0.229 e. The van der Waals surface area contributed by atoms with Gasteiger partial charge in [0, 0.05) is 18.0 Å². The molecule has 7 heteroatoms. The molecule has 2 aromatic carbocycles. The molecule has 1 atom stereocenters. The van der Waals surface area contributed by atoms with Gasteiger partial charge in [-0.1, -0.05) is 23.9 Å². The second-order valence-corrected chi connectivity index (χ2v) is 8.00. The number of allylic oxidation sites excluding steroid dienone is 1. The fourth-order valence-corrected chi connectivity index (χ4v) is 4.96. The first-order valence-corrected chi connectivity index (χ1v) is 10.8. The first-order valence-electron chi connectivity index (χ1n) is 9.83. The molecule has 0 radical (unpaired) electrons. The second kappa shape index (κ2) is 8.72. The Morgan fingerprint density at radius 2 is 2.00 bits per heavy atom. The summed E-state index contributed by atoms with van der Waals surface area (Å²) < 4.78 is 10.8. The Morgan fingerprint density at radius 3 is 2.70 bits per heavy atom. The van der Waals surface area contributed by atoms with Gasteiger partial charge in [0.25, 0.3) is 0 Å². The summed E-state index contributed by atoms with van der Waals surface area (Å²) in [6.07, 6.45) is 0.275. The zero-order chi connectivity index (χ0) is 21.1. The van der Waals surface area contributed by atoms with E-state index in [0.717, 1.165) is 27.8 Å². The fraction of sp³-hybridized carbons (Fsp3) is 0.304. The summed E-state index contributed by atoms with van der Waals surface area (Å²) in [5.74, 6) is 2.01. The van der Waals surface area contributed by atoms with Gasteiger partial charge in [-0.2, -0.15) is 5.26 Å². The Labute approximate surface area is 180 Å². The lowest BCUT2D eigenvalue weighted by atomic mass is 9.86. The average molecular weight is 422 g/mol. The number of anilines is 1. The van der Waals surface area contributed by atoms with Gasteiger partial charge in [-0.25, -0.2) is 0 Å². The molecule has 6 nitrogen and oxygen atoms in total. The molecule has 30 heavy (non-hydrogen) atoms. The van der Waals surface area contributed by atoms with Gasteiger partial charge in [-0.05, 0) is 48.9 Å². The van der Waals surface area contributed by atoms with Crippen molar-refractivity contribution in [3.8, 4) is 17.6 Å². The Kier molecular flexibility index (Phi) is 5.86. The Morgan fingerprint density at radius 1 is 1.20 bits per heavy atom. The lowest BCUT2D eigenvalue weighted by Gasteiger charge is -2.42. The molecule has 0 aliphatic carbocycles. The number of hydrogen-bond acceptors (Lipinski definition) is 6. The van der Waals surface area contributed by atoms with E-state index in [1.54, 1.807) is 12.0 Å². The van der Waals surface area contributed by atoms with Gasteiger partial charge in [-0.3, -0.25) is 9.69 Å². The maximum absolute atomic E-state index is 13.0. The number of fused-ring (bicyclic) bond motifs is 1. The van der Waals surface area contributed by atoms with E-state index in [-0.39, 0.29) is 18.2 Å². The fourth-order valence-electron chi connectivity index (χ4n) is 3.79. The van der Waals surface area contributed by atoms with Crippen LogP contribution in [0.5, 0.6) is 11.5 Å². The van der Waals surface area contributed by atoms with E-state index >= 15 is 0 Å².